The van der Waals surface area contributed by atoms with Gasteiger partial charge in [-0.25, -0.2) is 0 Å². The normalized spacial score (nSPS) is 10.8. The van der Waals surface area contributed by atoms with E-state index in [9.17, 15) is 20.1 Å². The summed E-state index contributed by atoms with van der Waals surface area (Å²) < 4.78 is 7.36. The highest BCUT2D eigenvalue weighted by Crippen LogP contribution is 2.24. The maximum absolute atomic E-state index is 13.5. The highest BCUT2D eigenvalue weighted by Gasteiger charge is 2.24. The van der Waals surface area contributed by atoms with Crippen LogP contribution in [0.5, 0.6) is 11.5 Å². The van der Waals surface area contributed by atoms with Crippen LogP contribution in [0.25, 0.3) is 22.3 Å². The fraction of sp³-hybridized carbons (Fsp3) is 0.0370. The molecule has 0 unspecified atom stereocenters. The van der Waals surface area contributed by atoms with Gasteiger partial charge < -0.3 is 14.8 Å². The Morgan fingerprint density at radius 2 is 1.44 bits per heavy atom. The molecule has 1 aromatic heterocycles. The van der Waals surface area contributed by atoms with Gasteiger partial charge in [-0.05, 0) is 48.5 Å². The zero-order valence-electron chi connectivity index (χ0n) is 18.8. The molecule has 178 valence electrons. The Kier molecular flexibility index (Phi) is 6.02. The second-order valence-corrected chi connectivity index (χ2v) is 7.83. The molecule has 0 radical (unpaired) electrons. The maximum Gasteiger partial charge on any atom is 0.357 e. The number of nitrogens with zero attached hydrogens (tertiary/aromatic N) is 3. The lowest BCUT2D eigenvalue weighted by molar-refractivity contribution is -0.566. The Balaban J connectivity index is 1.54. The van der Waals surface area contributed by atoms with E-state index < -0.39 is 10.5 Å². The fourth-order valence-corrected chi connectivity index (χ4v) is 3.84. The number of benzene rings is 4. The molecule has 5 aromatic rings. The lowest BCUT2D eigenvalue weighted by Crippen LogP contribution is -2.42. The zero-order chi connectivity index (χ0) is 25.1. The molecule has 9 heteroatoms. The van der Waals surface area contributed by atoms with E-state index in [2.05, 4.69) is 0 Å². The summed E-state index contributed by atoms with van der Waals surface area (Å²) in [5.74, 6) is 1.19. The van der Waals surface area contributed by atoms with Crippen LogP contribution in [0.1, 0.15) is 5.56 Å². The standard InChI is InChI=1S/C27H19N3O6/c31-27-26(19-14-16-22(17-15-19)36-21-9-2-1-3-10-21)28(32)24-12-6-7-13-25(24)29(27)35-18-20-8-4-5-11-23(20)30(33)34/h1-17H,18H2. The molecule has 0 aliphatic carbocycles. The third-order valence-electron chi connectivity index (χ3n) is 5.55. The zero-order valence-corrected chi connectivity index (χ0v) is 18.8. The van der Waals surface area contributed by atoms with Gasteiger partial charge in [0, 0.05) is 12.1 Å². The van der Waals surface area contributed by atoms with Gasteiger partial charge in [0.25, 0.3) is 11.4 Å². The quantitative estimate of drug-likeness (QED) is 0.145. The second-order valence-electron chi connectivity index (χ2n) is 7.83. The molecule has 0 aliphatic heterocycles. The second kappa shape index (κ2) is 9.59. The molecule has 0 fully saturated rings. The van der Waals surface area contributed by atoms with Crippen LogP contribution in [-0.2, 0) is 6.61 Å². The highest BCUT2D eigenvalue weighted by molar-refractivity contribution is 5.73. The molecular formula is C27H19N3O6. The van der Waals surface area contributed by atoms with Crippen LogP contribution in [0.2, 0.25) is 0 Å². The van der Waals surface area contributed by atoms with Crippen molar-refractivity contribution in [1.29, 1.82) is 0 Å². The van der Waals surface area contributed by atoms with Crippen molar-refractivity contribution >= 4 is 16.7 Å². The predicted molar refractivity (Wildman–Crippen MR) is 133 cm³/mol. The molecule has 9 nitrogen and oxygen atoms in total. The molecule has 0 saturated carbocycles. The average Bonchev–Trinajstić information content (AvgIpc) is 2.90. The molecule has 0 N–H and O–H groups in total. The van der Waals surface area contributed by atoms with Gasteiger partial charge in [0.05, 0.1) is 16.1 Å². The van der Waals surface area contributed by atoms with Crippen molar-refractivity contribution in [2.24, 2.45) is 0 Å². The third kappa shape index (κ3) is 4.32. The molecule has 5 rings (SSSR count). The first kappa shape index (κ1) is 22.6. The smallest absolute Gasteiger partial charge is 0.357 e. The van der Waals surface area contributed by atoms with Crippen molar-refractivity contribution in [3.05, 3.63) is 134 Å². The first-order valence-corrected chi connectivity index (χ1v) is 11.0. The van der Waals surface area contributed by atoms with Crippen LogP contribution in [0.15, 0.2) is 108 Å². The lowest BCUT2D eigenvalue weighted by Gasteiger charge is -2.14. The van der Waals surface area contributed by atoms with Crippen molar-refractivity contribution in [3.63, 3.8) is 0 Å². The summed E-state index contributed by atoms with van der Waals surface area (Å²) in [6, 6.07) is 28.4. The van der Waals surface area contributed by atoms with Crippen molar-refractivity contribution < 1.29 is 19.2 Å². The van der Waals surface area contributed by atoms with Gasteiger partial charge in [-0.2, -0.15) is 4.73 Å². The van der Waals surface area contributed by atoms with Crippen molar-refractivity contribution in [1.82, 2.24) is 4.73 Å². The number of para-hydroxylation sites is 4. The van der Waals surface area contributed by atoms with Crippen LogP contribution in [0.4, 0.5) is 5.69 Å². The van der Waals surface area contributed by atoms with Crippen LogP contribution >= 0.6 is 0 Å². The first-order valence-electron chi connectivity index (χ1n) is 11.0. The highest BCUT2D eigenvalue weighted by atomic mass is 16.7. The lowest BCUT2D eigenvalue weighted by atomic mass is 10.1. The summed E-state index contributed by atoms with van der Waals surface area (Å²) in [6.45, 7) is -0.243. The number of aromatic nitrogens is 2. The van der Waals surface area contributed by atoms with Gasteiger partial charge in [0.1, 0.15) is 18.1 Å². The van der Waals surface area contributed by atoms with Gasteiger partial charge in [-0.1, -0.05) is 42.5 Å². The summed E-state index contributed by atoms with van der Waals surface area (Å²) >= 11 is 0. The van der Waals surface area contributed by atoms with Gasteiger partial charge >= 0.3 is 5.56 Å². The molecule has 0 amide bonds. The number of hydrogen-bond donors (Lipinski definition) is 0. The van der Waals surface area contributed by atoms with Gasteiger partial charge in [-0.3, -0.25) is 14.9 Å². The van der Waals surface area contributed by atoms with E-state index in [0.717, 1.165) is 4.73 Å². The van der Waals surface area contributed by atoms with Crippen molar-refractivity contribution in [3.8, 4) is 22.8 Å². The third-order valence-corrected chi connectivity index (χ3v) is 5.55. The first-order chi connectivity index (χ1) is 17.5. The van der Waals surface area contributed by atoms with E-state index in [0.29, 0.717) is 27.4 Å². The largest absolute Gasteiger partial charge is 0.618 e. The molecule has 0 saturated heterocycles. The number of ether oxygens (including phenoxy) is 1. The van der Waals surface area contributed by atoms with Gasteiger partial charge in [-0.15, -0.1) is 4.73 Å². The van der Waals surface area contributed by atoms with Gasteiger partial charge in [0.15, 0.2) is 5.52 Å². The summed E-state index contributed by atoms with van der Waals surface area (Å²) in [6.07, 6.45) is 0. The van der Waals surface area contributed by atoms with Crippen LogP contribution in [0, 0.1) is 15.3 Å². The minimum absolute atomic E-state index is 0.126. The average molecular weight is 481 g/mol. The summed E-state index contributed by atoms with van der Waals surface area (Å²) in [5, 5.41) is 24.6. The van der Waals surface area contributed by atoms with E-state index in [-0.39, 0.29) is 29.0 Å². The predicted octanol–water partition coefficient (Wildman–Crippen LogP) is 4.63. The SMILES string of the molecule is O=c1c(-c2ccc(Oc3ccccc3)cc2)[n+]([O-])c2ccccc2n1OCc1ccccc1[N+](=O)[O-]. The number of nitro benzene ring substituents is 1. The fourth-order valence-electron chi connectivity index (χ4n) is 3.84. The molecule has 0 spiro atoms. The number of hydrogen-bond acceptors (Lipinski definition) is 6. The molecule has 0 bridgehead atoms. The molecular weight excluding hydrogens is 462 g/mol. The summed E-state index contributed by atoms with van der Waals surface area (Å²) in [5.41, 5.74) is 0.133. The number of rotatable bonds is 7. The van der Waals surface area contributed by atoms with Crippen LogP contribution in [0.3, 0.4) is 0 Å². The number of fused-ring (bicyclic) bond motifs is 1. The Labute approximate surface area is 204 Å². The molecule has 0 atom stereocenters. The monoisotopic (exact) mass is 481 g/mol. The molecule has 36 heavy (non-hydrogen) atoms. The molecule has 4 aromatic carbocycles. The van der Waals surface area contributed by atoms with E-state index >= 15 is 0 Å². The Bertz CT molecular complexity index is 1620. The Hall–Kier alpha value is -5.18. The topological polar surface area (TPSA) is 111 Å². The van der Waals surface area contributed by atoms with Crippen molar-refractivity contribution in [2.45, 2.75) is 6.61 Å². The Morgan fingerprint density at radius 3 is 2.19 bits per heavy atom. The minimum Gasteiger partial charge on any atom is -0.618 e. The van der Waals surface area contributed by atoms with Crippen LogP contribution in [-0.4, -0.2) is 9.65 Å². The molecule has 1 heterocycles. The minimum atomic E-state index is -0.695. The van der Waals surface area contributed by atoms with Crippen LogP contribution < -0.4 is 19.9 Å². The Morgan fingerprint density at radius 1 is 0.806 bits per heavy atom. The number of nitro groups is 1. The maximum atomic E-state index is 13.5. The van der Waals surface area contributed by atoms with E-state index in [1.807, 2.05) is 30.3 Å². The molecule has 0 aliphatic rings. The van der Waals surface area contributed by atoms with E-state index in [4.69, 9.17) is 9.57 Å². The summed E-state index contributed by atoms with van der Waals surface area (Å²) in [4.78, 5) is 30.1. The van der Waals surface area contributed by atoms with Crippen molar-refractivity contribution in [2.75, 3.05) is 0 Å². The van der Waals surface area contributed by atoms with Gasteiger partial charge in [0.2, 0.25) is 5.52 Å². The van der Waals surface area contributed by atoms with E-state index in [1.54, 1.807) is 66.7 Å². The van der Waals surface area contributed by atoms with E-state index in [1.165, 1.54) is 6.07 Å². The summed E-state index contributed by atoms with van der Waals surface area (Å²) in [7, 11) is 0.